The van der Waals surface area contributed by atoms with E-state index in [1.54, 1.807) is 25.7 Å². The van der Waals surface area contributed by atoms with Crippen molar-refractivity contribution in [3.05, 3.63) is 75.9 Å². The van der Waals surface area contributed by atoms with Crippen LogP contribution in [0.1, 0.15) is 85.1 Å². The summed E-state index contributed by atoms with van der Waals surface area (Å²) in [5, 5.41) is 6.41. The number of nitrogens with zero attached hydrogens (tertiary/aromatic N) is 3. The van der Waals surface area contributed by atoms with Crippen molar-refractivity contribution < 1.29 is 14.3 Å². The summed E-state index contributed by atoms with van der Waals surface area (Å²) in [6.07, 6.45) is 12.6. The Labute approximate surface area is 250 Å². The maximum atomic E-state index is 12.3. The standard InChI is InChI=1S/C34H45N5O3/c1-7-24(2)33(42-6)22-36-21-26(4)32-20-28(11-14-35-5)31(23-41)34(38-32)37-29-9-10-30(25(3)19-29)27-12-16-39(17-13-27)15-8-18-40/h9-11,14,18-23,27,35H,7-8,12-13,15-17H2,1-6H3,(H,37,38)/b14-11-,26-21+,33-24?,36-22?. The lowest BCUT2D eigenvalue weighted by Gasteiger charge is -2.32. The van der Waals surface area contributed by atoms with Gasteiger partial charge in [-0.05, 0) is 117 Å². The number of ether oxygens (including phenoxy) is 1. The Morgan fingerprint density at radius 1 is 1.19 bits per heavy atom. The third-order valence-corrected chi connectivity index (χ3v) is 7.80. The van der Waals surface area contributed by atoms with Crippen molar-refractivity contribution in [3.63, 3.8) is 0 Å². The van der Waals surface area contributed by atoms with E-state index in [9.17, 15) is 9.59 Å². The molecule has 0 atom stereocenters. The van der Waals surface area contributed by atoms with Crippen molar-refractivity contribution in [2.24, 2.45) is 4.99 Å². The minimum absolute atomic E-state index is 0.481. The van der Waals surface area contributed by atoms with Crippen LogP contribution in [-0.4, -0.2) is 62.5 Å². The maximum absolute atomic E-state index is 12.3. The molecule has 1 saturated heterocycles. The van der Waals surface area contributed by atoms with Gasteiger partial charge in [-0.1, -0.05) is 13.0 Å². The summed E-state index contributed by atoms with van der Waals surface area (Å²) < 4.78 is 5.45. The molecule has 0 amide bonds. The van der Waals surface area contributed by atoms with Gasteiger partial charge in [0.25, 0.3) is 0 Å². The molecule has 0 bridgehead atoms. The highest BCUT2D eigenvalue weighted by Gasteiger charge is 2.22. The Balaban J connectivity index is 1.89. The number of benzene rings is 1. The molecule has 3 rings (SSSR count). The number of carbonyl (C=O) groups is 2. The molecule has 1 aliphatic rings. The molecule has 2 N–H and O–H groups in total. The Morgan fingerprint density at radius 2 is 1.95 bits per heavy atom. The van der Waals surface area contributed by atoms with Crippen molar-refractivity contribution in [2.75, 3.05) is 39.1 Å². The number of likely N-dealkylation sites (tertiary alicyclic amines) is 1. The number of piperidine rings is 1. The number of anilines is 2. The van der Waals surface area contributed by atoms with Crippen LogP contribution in [0.2, 0.25) is 0 Å². The lowest BCUT2D eigenvalue weighted by molar-refractivity contribution is -0.108. The molecule has 224 valence electrons. The lowest BCUT2D eigenvalue weighted by Crippen LogP contribution is -2.34. The van der Waals surface area contributed by atoms with Crippen LogP contribution in [0.15, 0.2) is 53.0 Å². The number of aldehydes is 2. The predicted molar refractivity (Wildman–Crippen MR) is 173 cm³/mol. The molecule has 0 radical (unpaired) electrons. The van der Waals surface area contributed by atoms with Crippen molar-refractivity contribution >= 4 is 41.9 Å². The van der Waals surface area contributed by atoms with Crippen LogP contribution in [0.25, 0.3) is 11.6 Å². The molecular weight excluding hydrogens is 526 g/mol. The van der Waals surface area contributed by atoms with E-state index < -0.39 is 0 Å². The highest BCUT2D eigenvalue weighted by molar-refractivity contribution is 5.91. The Kier molecular flexibility index (Phi) is 12.7. The summed E-state index contributed by atoms with van der Waals surface area (Å²) in [6, 6.07) is 8.27. The zero-order valence-electron chi connectivity index (χ0n) is 25.9. The smallest absolute Gasteiger partial charge is 0.154 e. The highest BCUT2D eigenvalue weighted by atomic mass is 16.5. The van der Waals surface area contributed by atoms with E-state index >= 15 is 0 Å². The van der Waals surface area contributed by atoms with Gasteiger partial charge in [0, 0.05) is 31.9 Å². The number of aryl methyl sites for hydroxylation is 1. The maximum Gasteiger partial charge on any atom is 0.154 e. The Hall–Kier alpha value is -4.04. The molecule has 1 fully saturated rings. The molecule has 1 aromatic carbocycles. The van der Waals surface area contributed by atoms with E-state index in [0.717, 1.165) is 79.6 Å². The zero-order chi connectivity index (χ0) is 30.5. The van der Waals surface area contributed by atoms with Gasteiger partial charge in [0.05, 0.1) is 24.6 Å². The average molecular weight is 572 g/mol. The summed E-state index contributed by atoms with van der Waals surface area (Å²) in [4.78, 5) is 34.7. The molecule has 2 aromatic rings. The largest absolute Gasteiger partial charge is 0.495 e. The number of aromatic nitrogens is 1. The third kappa shape index (κ3) is 8.73. The summed E-state index contributed by atoms with van der Waals surface area (Å²) >= 11 is 0. The number of rotatable bonds is 14. The van der Waals surface area contributed by atoms with E-state index in [0.29, 0.717) is 29.4 Å². The number of pyridine rings is 1. The summed E-state index contributed by atoms with van der Waals surface area (Å²) in [7, 11) is 3.46. The van der Waals surface area contributed by atoms with Crippen molar-refractivity contribution in [1.82, 2.24) is 15.2 Å². The van der Waals surface area contributed by atoms with Crippen LogP contribution in [0.4, 0.5) is 11.5 Å². The van der Waals surface area contributed by atoms with Gasteiger partial charge < -0.3 is 25.1 Å². The molecule has 0 spiro atoms. The molecule has 1 aliphatic heterocycles. The molecular formula is C34H45N5O3. The summed E-state index contributed by atoms with van der Waals surface area (Å²) in [6.45, 7) is 11.1. The number of methoxy groups -OCH3 is 1. The minimum Gasteiger partial charge on any atom is -0.495 e. The lowest BCUT2D eigenvalue weighted by atomic mass is 9.86. The quantitative estimate of drug-likeness (QED) is 0.149. The van der Waals surface area contributed by atoms with Gasteiger partial charge in [0.1, 0.15) is 17.9 Å². The van der Waals surface area contributed by atoms with Crippen molar-refractivity contribution in [3.8, 4) is 0 Å². The zero-order valence-corrected chi connectivity index (χ0v) is 25.9. The van der Waals surface area contributed by atoms with Gasteiger partial charge in [-0.15, -0.1) is 0 Å². The van der Waals surface area contributed by atoms with Gasteiger partial charge in [0.15, 0.2) is 6.29 Å². The highest BCUT2D eigenvalue weighted by Crippen LogP contribution is 2.33. The van der Waals surface area contributed by atoms with Crippen LogP contribution < -0.4 is 10.6 Å². The fraction of sp³-hybridized carbons (Fsp3) is 0.412. The third-order valence-electron chi connectivity index (χ3n) is 7.80. The first kappa shape index (κ1) is 32.5. The molecule has 1 aromatic heterocycles. The second-order valence-electron chi connectivity index (χ2n) is 10.7. The second-order valence-corrected chi connectivity index (χ2v) is 10.7. The molecule has 42 heavy (non-hydrogen) atoms. The monoisotopic (exact) mass is 571 g/mol. The van der Waals surface area contributed by atoms with Crippen LogP contribution in [0, 0.1) is 6.92 Å². The first-order chi connectivity index (χ1) is 20.3. The number of hydrogen-bond donors (Lipinski definition) is 2. The first-order valence-electron chi connectivity index (χ1n) is 14.7. The fourth-order valence-electron chi connectivity index (χ4n) is 5.15. The number of allylic oxidation sites excluding steroid dienone is 3. The molecule has 0 saturated carbocycles. The van der Waals surface area contributed by atoms with Crippen LogP contribution >= 0.6 is 0 Å². The van der Waals surface area contributed by atoms with E-state index in [-0.39, 0.29) is 0 Å². The normalized spacial score (nSPS) is 15.6. The predicted octanol–water partition coefficient (Wildman–Crippen LogP) is 6.67. The summed E-state index contributed by atoms with van der Waals surface area (Å²) in [5.41, 5.74) is 7.34. The van der Waals surface area contributed by atoms with Gasteiger partial charge in [-0.3, -0.25) is 9.79 Å². The van der Waals surface area contributed by atoms with Crippen LogP contribution in [-0.2, 0) is 9.53 Å². The fourth-order valence-corrected chi connectivity index (χ4v) is 5.15. The molecule has 0 unspecified atom stereocenters. The number of aliphatic imine (C=N–C) groups is 1. The number of carbonyl (C=O) groups excluding carboxylic acids is 2. The molecule has 2 heterocycles. The minimum atomic E-state index is 0.481. The van der Waals surface area contributed by atoms with E-state index in [4.69, 9.17) is 9.72 Å². The topological polar surface area (TPSA) is 95.9 Å². The van der Waals surface area contributed by atoms with E-state index in [1.165, 1.54) is 11.1 Å². The van der Waals surface area contributed by atoms with Gasteiger partial charge in [-0.2, -0.15) is 0 Å². The van der Waals surface area contributed by atoms with Gasteiger partial charge in [0.2, 0.25) is 0 Å². The van der Waals surface area contributed by atoms with E-state index in [1.807, 2.05) is 33.0 Å². The van der Waals surface area contributed by atoms with Gasteiger partial charge in [-0.25, -0.2) is 4.98 Å². The van der Waals surface area contributed by atoms with Gasteiger partial charge >= 0.3 is 0 Å². The van der Waals surface area contributed by atoms with E-state index in [2.05, 4.69) is 52.6 Å². The SMILES string of the molecule is CCC(C)=C(C=N/C=C(\C)c1cc(/C=C\NC)c(C=O)c(Nc2ccc(C3CCN(CCC=O)CC3)c(C)c2)n1)OC. The first-order valence-corrected chi connectivity index (χ1v) is 14.7. The Bertz CT molecular complexity index is 1350. The summed E-state index contributed by atoms with van der Waals surface area (Å²) in [5.74, 6) is 1.73. The van der Waals surface area contributed by atoms with Crippen molar-refractivity contribution in [1.29, 1.82) is 0 Å². The molecule has 8 nitrogen and oxygen atoms in total. The average Bonchev–Trinajstić information content (AvgIpc) is 3.00. The number of hydrogen-bond acceptors (Lipinski definition) is 8. The Morgan fingerprint density at radius 3 is 2.57 bits per heavy atom. The van der Waals surface area contributed by atoms with Crippen molar-refractivity contribution in [2.45, 2.75) is 59.3 Å². The number of nitrogens with one attached hydrogen (secondary N) is 2. The molecule has 0 aliphatic carbocycles. The van der Waals surface area contributed by atoms with Crippen LogP contribution in [0.5, 0.6) is 0 Å². The van der Waals surface area contributed by atoms with Crippen LogP contribution in [0.3, 0.4) is 0 Å². The molecule has 8 heteroatoms. The second kappa shape index (κ2) is 16.4.